The number of ether oxygens (including phenoxy) is 3. The molecule has 0 aliphatic carbocycles. The Hall–Kier alpha value is -10.8. The molecule has 0 fully saturated rings. The summed E-state index contributed by atoms with van der Waals surface area (Å²) in [6, 6.07) is 70.7. The Balaban J connectivity index is 0.000000136. The van der Waals surface area contributed by atoms with E-state index < -0.39 is 0 Å². The highest BCUT2D eigenvalue weighted by Crippen LogP contribution is 2.27. The van der Waals surface area contributed by atoms with Gasteiger partial charge in [-0.3, -0.25) is 0 Å². The van der Waals surface area contributed by atoms with Gasteiger partial charge in [0.25, 0.3) is 0 Å². The first-order valence-corrected chi connectivity index (χ1v) is 26.5. The zero-order chi connectivity index (χ0) is 55.4. The maximum atomic E-state index is 5.89. The van der Waals surface area contributed by atoms with Crippen molar-refractivity contribution in [3.63, 3.8) is 0 Å². The number of hydrogen-bond donors (Lipinski definition) is 6. The summed E-state index contributed by atoms with van der Waals surface area (Å²) in [5, 5.41) is 12.9. The van der Waals surface area contributed by atoms with Crippen molar-refractivity contribution in [1.82, 2.24) is 29.9 Å². The predicted molar refractivity (Wildman–Crippen MR) is 327 cm³/mol. The Morgan fingerprint density at radius 2 is 0.543 bits per heavy atom. The molecule has 3 aromatic heterocycles. The minimum Gasteiger partial charge on any atom is -0.457 e. The Morgan fingerprint density at radius 1 is 0.284 bits per heavy atom. The first-order chi connectivity index (χ1) is 39.8. The van der Waals surface area contributed by atoms with Gasteiger partial charge in [-0.2, -0.15) is 0 Å². The van der Waals surface area contributed by atoms with Gasteiger partial charge < -0.3 is 47.4 Å². The van der Waals surface area contributed by atoms with Crippen LogP contribution < -0.4 is 47.4 Å². The van der Waals surface area contributed by atoms with Crippen molar-refractivity contribution in [2.75, 3.05) is 52.8 Å². The molecule has 15 nitrogen and oxygen atoms in total. The summed E-state index contributed by atoms with van der Waals surface area (Å²) in [5.74, 6) is 7.40. The standard InChI is InChI=1S/3C22H20N4O/c3*23-17-8-11-21-20(14-17)22(26-15-25-21)24-13-12-16-6-9-19(10-7-16)27-18-4-2-1-3-5-18/h3*1-11,14-15H,12-13,23H2,(H,24,25,26). The van der Waals surface area contributed by atoms with Crippen LogP contribution >= 0.6 is 0 Å². The molecule has 9 N–H and O–H groups in total. The van der Waals surface area contributed by atoms with Crippen molar-refractivity contribution >= 4 is 67.2 Å². The molecule has 12 rings (SSSR count). The summed E-state index contributed by atoms with van der Waals surface area (Å²) in [6.45, 7) is 2.29. The summed E-state index contributed by atoms with van der Waals surface area (Å²) >= 11 is 0. The van der Waals surface area contributed by atoms with Gasteiger partial charge in [0.15, 0.2) is 0 Å². The van der Waals surface area contributed by atoms with Crippen molar-refractivity contribution in [1.29, 1.82) is 0 Å². The largest absolute Gasteiger partial charge is 0.457 e. The molecule has 0 unspecified atom stereocenters. The average Bonchev–Trinajstić information content (AvgIpc) is 3.50. The third-order valence-corrected chi connectivity index (χ3v) is 12.8. The molecular formula is C66H60N12O3. The monoisotopic (exact) mass is 1070 g/mol. The topological polar surface area (TPSA) is 219 Å². The third-order valence-electron chi connectivity index (χ3n) is 12.8. The van der Waals surface area contributed by atoms with Crippen molar-refractivity contribution in [2.45, 2.75) is 19.3 Å². The number of para-hydroxylation sites is 3. The predicted octanol–water partition coefficient (Wildman–Crippen LogP) is 14.0. The molecule has 0 bridgehead atoms. The van der Waals surface area contributed by atoms with Crippen molar-refractivity contribution < 1.29 is 14.2 Å². The lowest BCUT2D eigenvalue weighted by atomic mass is 10.1. The molecule has 0 aliphatic rings. The smallest absolute Gasteiger partial charge is 0.137 e. The molecule has 402 valence electrons. The summed E-state index contributed by atoms with van der Waals surface area (Å²) in [6.07, 6.45) is 7.32. The fourth-order valence-corrected chi connectivity index (χ4v) is 8.67. The second kappa shape index (κ2) is 27.0. The van der Waals surface area contributed by atoms with Crippen molar-refractivity contribution in [3.8, 4) is 34.5 Å². The molecule has 0 spiro atoms. The lowest BCUT2D eigenvalue weighted by Gasteiger charge is -2.10. The van der Waals surface area contributed by atoms with E-state index in [9.17, 15) is 0 Å². The van der Waals surface area contributed by atoms with Gasteiger partial charge in [-0.05, 0) is 163 Å². The minimum absolute atomic E-state index is 0.703. The number of aromatic nitrogens is 6. The number of fused-ring (bicyclic) bond motifs is 3. The normalized spacial score (nSPS) is 10.7. The lowest BCUT2D eigenvalue weighted by Crippen LogP contribution is -2.07. The Labute approximate surface area is 469 Å². The van der Waals surface area contributed by atoms with Crippen LogP contribution in [0.4, 0.5) is 34.5 Å². The number of nitrogens with zero attached hydrogens (tertiary/aromatic N) is 6. The van der Waals surface area contributed by atoms with Crippen LogP contribution in [0.2, 0.25) is 0 Å². The molecule has 9 aromatic carbocycles. The molecule has 12 aromatic rings. The van der Waals surface area contributed by atoms with Gasteiger partial charge in [-0.25, -0.2) is 29.9 Å². The third kappa shape index (κ3) is 15.5. The van der Waals surface area contributed by atoms with E-state index in [0.29, 0.717) is 17.1 Å². The van der Waals surface area contributed by atoms with Crippen LogP contribution in [0.5, 0.6) is 34.5 Å². The summed E-state index contributed by atoms with van der Waals surface area (Å²) < 4.78 is 17.5. The Morgan fingerprint density at radius 3 is 0.815 bits per heavy atom. The second-order valence-electron chi connectivity index (χ2n) is 18.7. The fourth-order valence-electron chi connectivity index (χ4n) is 8.67. The van der Waals surface area contributed by atoms with Gasteiger partial charge in [0, 0.05) is 52.9 Å². The van der Waals surface area contributed by atoms with Crippen LogP contribution in [0.25, 0.3) is 32.7 Å². The maximum absolute atomic E-state index is 5.89. The molecule has 0 radical (unpaired) electrons. The second-order valence-corrected chi connectivity index (χ2v) is 18.7. The fraction of sp³-hybridized carbons (Fsp3) is 0.0909. The highest BCUT2D eigenvalue weighted by atomic mass is 16.5. The molecule has 0 aliphatic heterocycles. The number of anilines is 6. The minimum atomic E-state index is 0.703. The van der Waals surface area contributed by atoms with E-state index in [1.807, 2.05) is 182 Å². The SMILES string of the molecule is Nc1ccc2ncnc(NCCc3ccc(Oc4ccccc4)cc3)c2c1.Nc1ccc2ncnc(NCCc3ccc(Oc4ccccc4)cc3)c2c1.Nc1ccc2ncnc(NCCc3ccc(Oc4ccccc4)cc3)c2c1. The summed E-state index contributed by atoms with van der Waals surface area (Å²) in [7, 11) is 0. The molecule has 3 heterocycles. The van der Waals surface area contributed by atoms with Gasteiger partial charge in [-0.15, -0.1) is 0 Å². The zero-order valence-electron chi connectivity index (χ0n) is 44.4. The quantitative estimate of drug-likeness (QED) is 0.0440. The molecule has 15 heteroatoms. The Bertz CT molecular complexity index is 3510. The van der Waals surface area contributed by atoms with Crippen molar-refractivity contribution in [2.24, 2.45) is 0 Å². The van der Waals surface area contributed by atoms with Gasteiger partial charge in [0.1, 0.15) is 70.9 Å². The number of benzene rings is 9. The number of nitrogen functional groups attached to an aromatic ring is 3. The van der Waals surface area contributed by atoms with E-state index in [1.54, 1.807) is 19.0 Å². The molecule has 0 amide bonds. The first kappa shape index (κ1) is 53.6. The van der Waals surface area contributed by atoms with Gasteiger partial charge in [0.2, 0.25) is 0 Å². The van der Waals surface area contributed by atoms with Crippen LogP contribution in [-0.4, -0.2) is 49.5 Å². The van der Waals surface area contributed by atoms with Gasteiger partial charge in [0.05, 0.1) is 16.6 Å². The van der Waals surface area contributed by atoms with Crippen molar-refractivity contribution in [3.05, 3.63) is 254 Å². The molecule has 81 heavy (non-hydrogen) atoms. The number of rotatable bonds is 18. The molecule has 0 atom stereocenters. The molecular weight excluding hydrogens is 1010 g/mol. The van der Waals surface area contributed by atoms with E-state index in [4.69, 9.17) is 31.4 Å². The van der Waals surface area contributed by atoms with Crippen LogP contribution in [0, 0.1) is 0 Å². The highest BCUT2D eigenvalue weighted by molar-refractivity contribution is 5.92. The van der Waals surface area contributed by atoms with E-state index in [-0.39, 0.29) is 0 Å². The van der Waals surface area contributed by atoms with Crippen LogP contribution in [0.15, 0.2) is 237 Å². The maximum Gasteiger partial charge on any atom is 0.137 e. The van der Waals surface area contributed by atoms with Gasteiger partial charge >= 0.3 is 0 Å². The van der Waals surface area contributed by atoms with E-state index in [2.05, 4.69) is 82.3 Å². The van der Waals surface area contributed by atoms with Crippen LogP contribution in [0.3, 0.4) is 0 Å². The lowest BCUT2D eigenvalue weighted by molar-refractivity contribution is 0.482. The molecule has 0 saturated carbocycles. The average molecular weight is 1070 g/mol. The van der Waals surface area contributed by atoms with Crippen LogP contribution in [0.1, 0.15) is 16.7 Å². The summed E-state index contributed by atoms with van der Waals surface area (Å²) in [4.78, 5) is 25.8. The molecule has 0 saturated heterocycles. The zero-order valence-corrected chi connectivity index (χ0v) is 44.4. The van der Waals surface area contributed by atoms with E-state index in [1.165, 1.54) is 16.7 Å². The number of nitrogens with one attached hydrogen (secondary N) is 3. The highest BCUT2D eigenvalue weighted by Gasteiger charge is 2.08. The van der Waals surface area contributed by atoms with E-state index in [0.717, 1.165) is 124 Å². The van der Waals surface area contributed by atoms with Gasteiger partial charge in [-0.1, -0.05) is 91.0 Å². The number of hydrogen-bond acceptors (Lipinski definition) is 15. The summed E-state index contributed by atoms with van der Waals surface area (Å²) in [5.41, 5.74) is 26.1. The van der Waals surface area contributed by atoms with Crippen LogP contribution in [-0.2, 0) is 19.3 Å². The number of nitrogens with two attached hydrogens (primary N) is 3. The first-order valence-electron chi connectivity index (χ1n) is 26.5. The van der Waals surface area contributed by atoms with E-state index >= 15 is 0 Å². The Kier molecular flexibility index (Phi) is 17.9.